The van der Waals surface area contributed by atoms with Crippen LogP contribution in [-0.2, 0) is 0 Å². The van der Waals surface area contributed by atoms with E-state index < -0.39 is 0 Å². The Balaban J connectivity index is 1.63. The Hall–Kier alpha value is -3.30. The summed E-state index contributed by atoms with van der Waals surface area (Å²) in [7, 11) is 1.60. The number of nitrogens with two attached hydrogens (primary N) is 1. The molecule has 1 unspecified atom stereocenters. The molecule has 0 spiro atoms. The van der Waals surface area contributed by atoms with Crippen LogP contribution in [0, 0.1) is 0 Å². The number of hydrogen-bond acceptors (Lipinski definition) is 7. The van der Waals surface area contributed by atoms with E-state index in [1.165, 1.54) is 11.3 Å². The quantitative estimate of drug-likeness (QED) is 0.344. The van der Waals surface area contributed by atoms with Crippen LogP contribution in [0.3, 0.4) is 0 Å². The van der Waals surface area contributed by atoms with Crippen molar-refractivity contribution in [1.29, 1.82) is 0 Å². The molecule has 4 rings (SSSR count). The van der Waals surface area contributed by atoms with Gasteiger partial charge in [-0.25, -0.2) is 9.97 Å². The van der Waals surface area contributed by atoms with Gasteiger partial charge in [-0.3, -0.25) is 9.78 Å². The molecular weight excluding hydrogens is 412 g/mol. The number of benzene rings is 1. The van der Waals surface area contributed by atoms with Crippen molar-refractivity contribution < 1.29 is 9.53 Å². The van der Waals surface area contributed by atoms with Gasteiger partial charge in [0.25, 0.3) is 5.91 Å². The minimum Gasteiger partial charge on any atom is -0.480 e. The minimum atomic E-state index is -0.269. The first kappa shape index (κ1) is 21.0. The van der Waals surface area contributed by atoms with Crippen molar-refractivity contribution in [3.8, 4) is 17.1 Å². The molecule has 1 atom stereocenters. The lowest BCUT2D eigenvalue weighted by Crippen LogP contribution is -2.29. The van der Waals surface area contributed by atoms with E-state index in [9.17, 15) is 4.79 Å². The topological polar surface area (TPSA) is 119 Å². The molecule has 0 fully saturated rings. The standard InChI is InChI=1S/C22H24N6O2S/c1-30-22-15(10-14-6-2-3-7-16(14)28-22)18-11-25-20(26-18)17(8-4-5-9-23)27-21(29)19-12-24-13-31-19/h2-3,6-7,10-13,17H,4-5,8-9,23H2,1H3,(H,25,26)(H,27,29). The van der Waals surface area contributed by atoms with Gasteiger partial charge in [0.15, 0.2) is 0 Å². The molecule has 0 bridgehead atoms. The molecule has 4 aromatic rings. The molecular formula is C22H24N6O2S. The van der Waals surface area contributed by atoms with Crippen LogP contribution in [0.4, 0.5) is 0 Å². The van der Waals surface area contributed by atoms with E-state index in [0.717, 1.165) is 41.4 Å². The van der Waals surface area contributed by atoms with Crippen LogP contribution in [0.1, 0.15) is 40.8 Å². The number of amides is 1. The van der Waals surface area contributed by atoms with E-state index in [1.54, 1.807) is 25.0 Å². The fourth-order valence-electron chi connectivity index (χ4n) is 3.42. The maximum Gasteiger partial charge on any atom is 0.263 e. The number of fused-ring (bicyclic) bond motifs is 1. The molecule has 0 aliphatic heterocycles. The second-order valence-corrected chi connectivity index (χ2v) is 7.98. The summed E-state index contributed by atoms with van der Waals surface area (Å²) in [5, 5.41) is 4.07. The van der Waals surface area contributed by atoms with Crippen molar-refractivity contribution in [2.24, 2.45) is 5.73 Å². The van der Waals surface area contributed by atoms with Crippen LogP contribution < -0.4 is 15.8 Å². The third-order valence-corrected chi connectivity index (χ3v) is 5.78. The van der Waals surface area contributed by atoms with Gasteiger partial charge in [-0.15, -0.1) is 11.3 Å². The molecule has 3 heterocycles. The second-order valence-electron chi connectivity index (χ2n) is 7.10. The Morgan fingerprint density at radius 1 is 1.29 bits per heavy atom. The number of rotatable bonds is 9. The van der Waals surface area contributed by atoms with E-state index in [1.807, 2.05) is 30.3 Å². The predicted octanol–water partition coefficient (Wildman–Crippen LogP) is 3.69. The fourth-order valence-corrected chi connectivity index (χ4v) is 3.95. The number of carbonyl (C=O) groups is 1. The maximum atomic E-state index is 12.6. The molecule has 1 amide bonds. The number of nitrogens with zero attached hydrogens (tertiary/aromatic N) is 3. The van der Waals surface area contributed by atoms with Crippen LogP contribution in [0.5, 0.6) is 5.88 Å². The van der Waals surface area contributed by atoms with E-state index in [-0.39, 0.29) is 11.9 Å². The Labute approximate surface area is 183 Å². The molecule has 0 saturated heterocycles. The second kappa shape index (κ2) is 9.67. The van der Waals surface area contributed by atoms with Gasteiger partial charge >= 0.3 is 0 Å². The Morgan fingerprint density at radius 3 is 2.94 bits per heavy atom. The molecule has 0 radical (unpaired) electrons. The van der Waals surface area contributed by atoms with Crippen LogP contribution in [-0.4, -0.2) is 39.5 Å². The van der Waals surface area contributed by atoms with Gasteiger partial charge in [0.05, 0.1) is 47.8 Å². The third kappa shape index (κ3) is 4.73. The van der Waals surface area contributed by atoms with Gasteiger partial charge in [-0.05, 0) is 37.9 Å². The normalized spacial score (nSPS) is 12.1. The van der Waals surface area contributed by atoms with Crippen molar-refractivity contribution in [3.63, 3.8) is 0 Å². The number of thiazole rings is 1. The molecule has 1 aromatic carbocycles. The van der Waals surface area contributed by atoms with E-state index in [2.05, 4.69) is 25.3 Å². The van der Waals surface area contributed by atoms with E-state index in [0.29, 0.717) is 23.1 Å². The molecule has 8 nitrogen and oxygen atoms in total. The summed E-state index contributed by atoms with van der Waals surface area (Å²) in [5.74, 6) is 1.03. The van der Waals surface area contributed by atoms with Gasteiger partial charge in [0.2, 0.25) is 5.88 Å². The molecule has 160 valence electrons. The van der Waals surface area contributed by atoms with Crippen LogP contribution >= 0.6 is 11.3 Å². The first-order chi connectivity index (χ1) is 15.2. The van der Waals surface area contributed by atoms with Gasteiger partial charge < -0.3 is 20.8 Å². The number of nitrogens with one attached hydrogen (secondary N) is 2. The van der Waals surface area contributed by atoms with Crippen molar-refractivity contribution in [2.75, 3.05) is 13.7 Å². The number of imidazole rings is 1. The molecule has 3 aromatic heterocycles. The van der Waals surface area contributed by atoms with Crippen LogP contribution in [0.2, 0.25) is 0 Å². The van der Waals surface area contributed by atoms with Crippen molar-refractivity contribution in [2.45, 2.75) is 25.3 Å². The van der Waals surface area contributed by atoms with Gasteiger partial charge in [-0.2, -0.15) is 0 Å². The minimum absolute atomic E-state index is 0.164. The Bertz CT molecular complexity index is 1160. The number of methoxy groups -OCH3 is 1. The number of aromatic amines is 1. The molecule has 0 aliphatic rings. The fraction of sp³-hybridized carbons (Fsp3) is 0.273. The largest absolute Gasteiger partial charge is 0.480 e. The summed E-state index contributed by atoms with van der Waals surface area (Å²) < 4.78 is 5.52. The average Bonchev–Trinajstić information content (AvgIpc) is 3.50. The maximum absolute atomic E-state index is 12.6. The summed E-state index contributed by atoms with van der Waals surface area (Å²) in [6.45, 7) is 0.610. The zero-order valence-corrected chi connectivity index (χ0v) is 18.0. The summed E-state index contributed by atoms with van der Waals surface area (Å²) in [5.41, 5.74) is 9.75. The SMILES string of the molecule is COc1nc2ccccc2cc1-c1cnc(C(CCCCN)NC(=O)c2cncs2)[nH]1. The highest BCUT2D eigenvalue weighted by atomic mass is 32.1. The highest BCUT2D eigenvalue weighted by Crippen LogP contribution is 2.31. The average molecular weight is 437 g/mol. The Kier molecular flexibility index (Phi) is 6.54. The number of ether oxygens (including phenoxy) is 1. The van der Waals surface area contributed by atoms with Gasteiger partial charge in [0, 0.05) is 5.39 Å². The number of unbranched alkanes of at least 4 members (excludes halogenated alkanes) is 1. The van der Waals surface area contributed by atoms with E-state index >= 15 is 0 Å². The molecule has 9 heteroatoms. The van der Waals surface area contributed by atoms with Crippen LogP contribution in [0.15, 0.2) is 48.2 Å². The lowest BCUT2D eigenvalue weighted by atomic mass is 10.1. The highest BCUT2D eigenvalue weighted by Gasteiger charge is 2.21. The van der Waals surface area contributed by atoms with Crippen molar-refractivity contribution in [3.05, 3.63) is 58.9 Å². The molecule has 31 heavy (non-hydrogen) atoms. The zero-order valence-electron chi connectivity index (χ0n) is 17.2. The number of carbonyl (C=O) groups excluding carboxylic acids is 1. The molecule has 4 N–H and O–H groups in total. The lowest BCUT2D eigenvalue weighted by molar-refractivity contribution is 0.0936. The third-order valence-electron chi connectivity index (χ3n) is 5.01. The van der Waals surface area contributed by atoms with Crippen LogP contribution in [0.25, 0.3) is 22.2 Å². The summed E-state index contributed by atoms with van der Waals surface area (Å²) in [4.78, 5) is 29.7. The zero-order chi connectivity index (χ0) is 21.6. The van der Waals surface area contributed by atoms with Crippen molar-refractivity contribution >= 4 is 28.1 Å². The number of pyridine rings is 1. The molecule has 0 saturated carbocycles. The number of hydrogen-bond donors (Lipinski definition) is 3. The van der Waals surface area contributed by atoms with E-state index in [4.69, 9.17) is 10.5 Å². The summed E-state index contributed by atoms with van der Waals surface area (Å²) in [6.07, 6.45) is 5.79. The summed E-state index contributed by atoms with van der Waals surface area (Å²) >= 11 is 1.31. The number of aromatic nitrogens is 4. The highest BCUT2D eigenvalue weighted by molar-refractivity contribution is 7.11. The van der Waals surface area contributed by atoms with Crippen molar-refractivity contribution in [1.82, 2.24) is 25.3 Å². The predicted molar refractivity (Wildman–Crippen MR) is 121 cm³/mol. The first-order valence-corrected chi connectivity index (χ1v) is 11.0. The molecule has 0 aliphatic carbocycles. The van der Waals surface area contributed by atoms with Gasteiger partial charge in [0.1, 0.15) is 10.7 Å². The monoisotopic (exact) mass is 436 g/mol. The smallest absolute Gasteiger partial charge is 0.263 e. The first-order valence-electron chi connectivity index (χ1n) is 10.1. The number of H-pyrrole nitrogens is 1. The summed E-state index contributed by atoms with van der Waals surface area (Å²) in [6, 6.07) is 9.63. The Morgan fingerprint density at radius 2 is 2.16 bits per heavy atom. The lowest BCUT2D eigenvalue weighted by Gasteiger charge is -2.16. The van der Waals surface area contributed by atoms with Gasteiger partial charge in [-0.1, -0.05) is 18.2 Å². The number of para-hydroxylation sites is 1.